The Hall–Kier alpha value is -3.18. The minimum Gasteiger partial charge on any atom is -0.464 e. The fourth-order valence-electron chi connectivity index (χ4n) is 1.68. The van der Waals surface area contributed by atoms with Crippen LogP contribution in [0.5, 0.6) is 0 Å². The summed E-state index contributed by atoms with van der Waals surface area (Å²) in [5.41, 5.74) is 0.0119. The first-order chi connectivity index (χ1) is 11.6. The molecule has 12 heteroatoms. The van der Waals surface area contributed by atoms with Crippen LogP contribution in [-0.2, 0) is 28.5 Å². The normalized spacial score (nSPS) is 10.3. The molecule has 1 N–H and O–H groups in total. The van der Waals surface area contributed by atoms with E-state index in [0.29, 0.717) is 11.2 Å². The van der Waals surface area contributed by atoms with Gasteiger partial charge in [-0.2, -0.15) is 0 Å². The van der Waals surface area contributed by atoms with Gasteiger partial charge in [0.1, 0.15) is 5.52 Å². The van der Waals surface area contributed by atoms with Crippen molar-refractivity contribution in [2.24, 2.45) is 20.0 Å². The van der Waals surface area contributed by atoms with E-state index in [2.05, 4.69) is 19.5 Å². The summed E-state index contributed by atoms with van der Waals surface area (Å²) < 4.78 is 6.95. The number of H-pyrrole nitrogens is 1. The quantitative estimate of drug-likeness (QED) is 0.421. The second-order valence-electron chi connectivity index (χ2n) is 5.38. The van der Waals surface area contributed by atoms with Gasteiger partial charge in [-0.15, -0.1) is 10.1 Å². The number of ether oxygens (including phenoxy) is 1. The molecule has 0 radical (unpaired) electrons. The first kappa shape index (κ1) is 19.9. The van der Waals surface area contributed by atoms with Crippen molar-refractivity contribution < 1.29 is 19.5 Å². The number of aromatic amines is 1. The smallest absolute Gasteiger partial charge is 0.332 e. The van der Waals surface area contributed by atoms with Crippen LogP contribution in [0.15, 0.2) is 15.9 Å². The van der Waals surface area contributed by atoms with Crippen molar-refractivity contribution in [2.45, 2.75) is 13.8 Å². The fraction of sp³-hybridized carbons (Fsp3) is 0.538. The van der Waals surface area contributed by atoms with Gasteiger partial charge in [-0.25, -0.2) is 14.6 Å². The molecule has 0 unspecified atom stereocenters. The lowest BCUT2D eigenvalue weighted by atomic mass is 10.2. The van der Waals surface area contributed by atoms with Gasteiger partial charge in [0, 0.05) is 14.1 Å². The Morgan fingerprint density at radius 3 is 2.56 bits per heavy atom. The standard InChI is InChI=1S/C7H8N4O2.C6H11NO5/c1-10-5-4(8-3-9-5)6(12)11(2)7(10)13;1-5(2)3-11-6(8)4-12-7(9)10/h3H,1-2H3,(H,8,9);5H,3-4H2,1-2H3. The van der Waals surface area contributed by atoms with Crippen molar-refractivity contribution in [1.82, 2.24) is 19.1 Å². The SMILES string of the molecule is CC(C)COC(=O)CO[N+](=O)[O-].Cn1c(=O)c2[nH]cnc2n(C)c1=O. The molecule has 0 aliphatic carbocycles. The van der Waals surface area contributed by atoms with Crippen LogP contribution in [0, 0.1) is 16.0 Å². The van der Waals surface area contributed by atoms with Crippen molar-refractivity contribution in [2.75, 3.05) is 13.2 Å². The van der Waals surface area contributed by atoms with E-state index in [0.717, 1.165) is 4.57 Å². The van der Waals surface area contributed by atoms with Gasteiger partial charge < -0.3 is 14.6 Å². The van der Waals surface area contributed by atoms with E-state index in [9.17, 15) is 24.5 Å². The van der Waals surface area contributed by atoms with Crippen molar-refractivity contribution in [1.29, 1.82) is 0 Å². The maximum Gasteiger partial charge on any atom is 0.332 e. The number of aryl methyl sites for hydroxylation is 1. The average Bonchev–Trinajstić information content (AvgIpc) is 3.04. The summed E-state index contributed by atoms with van der Waals surface area (Å²) in [6.45, 7) is 3.34. The molecule has 2 aromatic heterocycles. The number of aromatic nitrogens is 4. The summed E-state index contributed by atoms with van der Waals surface area (Å²) >= 11 is 0. The van der Waals surface area contributed by atoms with Gasteiger partial charge in [-0.05, 0) is 5.92 Å². The largest absolute Gasteiger partial charge is 0.464 e. The van der Waals surface area contributed by atoms with Crippen LogP contribution in [0.4, 0.5) is 0 Å². The van der Waals surface area contributed by atoms with Gasteiger partial charge in [0.05, 0.1) is 12.9 Å². The Bertz CT molecular complexity index is 864. The molecular formula is C13H19N5O7. The van der Waals surface area contributed by atoms with E-state index in [1.807, 2.05) is 13.8 Å². The number of esters is 1. The monoisotopic (exact) mass is 357 g/mol. The van der Waals surface area contributed by atoms with Gasteiger partial charge in [-0.1, -0.05) is 13.8 Å². The van der Waals surface area contributed by atoms with Crippen molar-refractivity contribution in [3.63, 3.8) is 0 Å². The summed E-state index contributed by atoms with van der Waals surface area (Å²) in [5.74, 6) is -0.509. The molecule has 12 nitrogen and oxygen atoms in total. The van der Waals surface area contributed by atoms with Crippen molar-refractivity contribution >= 4 is 17.1 Å². The van der Waals surface area contributed by atoms with Gasteiger partial charge in [-0.3, -0.25) is 13.9 Å². The third-order valence-electron chi connectivity index (χ3n) is 2.89. The number of nitrogens with one attached hydrogen (secondary N) is 1. The molecule has 0 aliphatic rings. The first-order valence-electron chi connectivity index (χ1n) is 7.17. The van der Waals surface area contributed by atoms with Crippen LogP contribution in [0.1, 0.15) is 13.8 Å². The lowest BCUT2D eigenvalue weighted by Gasteiger charge is -2.05. The lowest BCUT2D eigenvalue weighted by molar-refractivity contribution is -0.754. The topological polar surface area (TPSA) is 151 Å². The van der Waals surface area contributed by atoms with Crippen LogP contribution in [-0.4, -0.2) is 43.4 Å². The Morgan fingerprint density at radius 2 is 2.00 bits per heavy atom. The molecule has 0 bridgehead atoms. The number of fused-ring (bicyclic) bond motifs is 1. The highest BCUT2D eigenvalue weighted by atomic mass is 17.0. The fourth-order valence-corrected chi connectivity index (χ4v) is 1.68. The molecule has 0 aromatic carbocycles. The van der Waals surface area contributed by atoms with Crippen molar-refractivity contribution in [3.8, 4) is 0 Å². The van der Waals surface area contributed by atoms with Gasteiger partial charge >= 0.3 is 11.7 Å². The number of imidazole rings is 1. The number of hydrogen-bond donors (Lipinski definition) is 1. The maximum atomic E-state index is 11.4. The van der Waals surface area contributed by atoms with E-state index in [1.165, 1.54) is 17.9 Å². The highest BCUT2D eigenvalue weighted by molar-refractivity contribution is 5.70. The highest BCUT2D eigenvalue weighted by Crippen LogP contribution is 1.97. The van der Waals surface area contributed by atoms with E-state index >= 15 is 0 Å². The zero-order valence-corrected chi connectivity index (χ0v) is 14.2. The van der Waals surface area contributed by atoms with E-state index < -0.39 is 17.7 Å². The molecule has 0 saturated carbocycles. The minimum atomic E-state index is -1.03. The molecule has 0 saturated heterocycles. The van der Waals surface area contributed by atoms with Gasteiger partial charge in [0.25, 0.3) is 10.6 Å². The molecule has 2 heterocycles. The Kier molecular flexibility index (Phi) is 6.84. The second kappa shape index (κ2) is 8.61. The zero-order chi connectivity index (χ0) is 19.1. The predicted octanol–water partition coefficient (Wildman–Crippen LogP) is -0.646. The Balaban J connectivity index is 0.000000252. The lowest BCUT2D eigenvalue weighted by Crippen LogP contribution is -2.36. The first-order valence-corrected chi connectivity index (χ1v) is 7.17. The Labute approximate surface area is 141 Å². The predicted molar refractivity (Wildman–Crippen MR) is 85.3 cm³/mol. The number of rotatable bonds is 5. The van der Waals surface area contributed by atoms with Crippen LogP contribution in [0.2, 0.25) is 0 Å². The molecular weight excluding hydrogens is 338 g/mol. The molecule has 0 spiro atoms. The van der Waals surface area contributed by atoms with Crippen LogP contribution in [0.3, 0.4) is 0 Å². The zero-order valence-electron chi connectivity index (χ0n) is 14.2. The summed E-state index contributed by atoms with van der Waals surface area (Å²) in [4.78, 5) is 53.4. The highest BCUT2D eigenvalue weighted by Gasteiger charge is 2.09. The van der Waals surface area contributed by atoms with Gasteiger partial charge in [0.15, 0.2) is 12.3 Å². The molecule has 0 atom stereocenters. The van der Waals surface area contributed by atoms with E-state index in [1.54, 1.807) is 7.05 Å². The van der Waals surface area contributed by atoms with Crippen molar-refractivity contribution in [3.05, 3.63) is 37.3 Å². The molecule has 25 heavy (non-hydrogen) atoms. The van der Waals surface area contributed by atoms with E-state index in [-0.39, 0.29) is 23.8 Å². The van der Waals surface area contributed by atoms with Crippen LogP contribution < -0.4 is 11.2 Å². The molecule has 2 rings (SSSR count). The number of carbonyl (C=O) groups is 1. The number of carbonyl (C=O) groups excluding carboxylic acids is 1. The Morgan fingerprint density at radius 1 is 1.36 bits per heavy atom. The summed E-state index contributed by atoms with van der Waals surface area (Å²) in [6.07, 6.45) is 1.39. The molecule has 0 fully saturated rings. The van der Waals surface area contributed by atoms with Crippen LogP contribution >= 0.6 is 0 Å². The maximum absolute atomic E-state index is 11.4. The minimum absolute atomic E-state index is 0.213. The second-order valence-corrected chi connectivity index (χ2v) is 5.38. The molecule has 138 valence electrons. The summed E-state index contributed by atoms with van der Waals surface area (Å²) in [6, 6.07) is 0. The third kappa shape index (κ3) is 5.44. The average molecular weight is 357 g/mol. The summed E-state index contributed by atoms with van der Waals surface area (Å²) in [5, 5.41) is 8.59. The third-order valence-corrected chi connectivity index (χ3v) is 2.89. The molecule has 2 aromatic rings. The summed E-state index contributed by atoms with van der Waals surface area (Å²) in [7, 11) is 3.01. The molecule has 0 aliphatic heterocycles. The molecule has 0 amide bonds. The number of nitrogens with zero attached hydrogens (tertiary/aromatic N) is 4. The van der Waals surface area contributed by atoms with Gasteiger partial charge in [0.2, 0.25) is 0 Å². The van der Waals surface area contributed by atoms with Crippen LogP contribution in [0.25, 0.3) is 11.2 Å². The number of hydrogen-bond acceptors (Lipinski definition) is 8. The van der Waals surface area contributed by atoms with E-state index in [4.69, 9.17) is 0 Å².